The van der Waals surface area contributed by atoms with Gasteiger partial charge in [-0.05, 0) is 37.8 Å². The Hall–Kier alpha value is -2.44. The van der Waals surface area contributed by atoms with Gasteiger partial charge in [-0.1, -0.05) is 52.4 Å². The first-order chi connectivity index (χ1) is 13.2. The standard InChI is InChI=1S/C20H32N4O3/c1-3-5-7-9-11-15-21-23-19(25)17-13-14-18(27-17)20(26)24-22-16-12-10-8-6-4-2/h13-16H,3-12H2,1-2H3,(H,23,25)(H,24,26)/b21-15+,22-16+. The van der Waals surface area contributed by atoms with E-state index in [-0.39, 0.29) is 11.5 Å². The van der Waals surface area contributed by atoms with Crippen LogP contribution in [0.2, 0.25) is 0 Å². The summed E-state index contributed by atoms with van der Waals surface area (Å²) in [6.07, 6.45) is 14.2. The Balaban J connectivity index is 2.30. The highest BCUT2D eigenvalue weighted by atomic mass is 16.4. The maximum atomic E-state index is 11.9. The minimum atomic E-state index is -0.488. The van der Waals surface area contributed by atoms with Gasteiger partial charge in [0.1, 0.15) is 0 Å². The Labute approximate surface area is 161 Å². The fraction of sp³-hybridized carbons (Fsp3) is 0.600. The second-order valence-electron chi connectivity index (χ2n) is 6.37. The van der Waals surface area contributed by atoms with Crippen molar-refractivity contribution in [1.82, 2.24) is 10.9 Å². The molecule has 1 heterocycles. The van der Waals surface area contributed by atoms with E-state index in [1.165, 1.54) is 37.8 Å². The molecule has 2 amide bonds. The van der Waals surface area contributed by atoms with Crippen LogP contribution in [0.5, 0.6) is 0 Å². The zero-order valence-corrected chi connectivity index (χ0v) is 16.5. The Morgan fingerprint density at radius 1 is 0.815 bits per heavy atom. The zero-order chi connectivity index (χ0) is 19.7. The van der Waals surface area contributed by atoms with Crippen LogP contribution in [0, 0.1) is 0 Å². The first-order valence-electron chi connectivity index (χ1n) is 9.92. The Morgan fingerprint density at radius 2 is 1.26 bits per heavy atom. The van der Waals surface area contributed by atoms with Gasteiger partial charge in [0.25, 0.3) is 0 Å². The molecule has 1 aromatic heterocycles. The molecule has 0 aliphatic carbocycles. The molecule has 0 unspecified atom stereocenters. The van der Waals surface area contributed by atoms with Crippen LogP contribution >= 0.6 is 0 Å². The molecule has 7 nitrogen and oxygen atoms in total. The number of nitrogens with one attached hydrogen (secondary N) is 2. The van der Waals surface area contributed by atoms with Crippen LogP contribution in [0.25, 0.3) is 0 Å². The van der Waals surface area contributed by atoms with Crippen molar-refractivity contribution in [2.24, 2.45) is 10.2 Å². The second kappa shape index (κ2) is 14.7. The van der Waals surface area contributed by atoms with Crippen LogP contribution < -0.4 is 10.9 Å². The molecule has 1 aromatic rings. The number of hydrogen-bond acceptors (Lipinski definition) is 5. The van der Waals surface area contributed by atoms with E-state index in [1.54, 1.807) is 12.4 Å². The number of furan rings is 1. The summed E-state index contributed by atoms with van der Waals surface area (Å²) in [6, 6.07) is 2.88. The van der Waals surface area contributed by atoms with Gasteiger partial charge < -0.3 is 4.42 Å². The van der Waals surface area contributed by atoms with Crippen molar-refractivity contribution in [2.75, 3.05) is 0 Å². The quantitative estimate of drug-likeness (QED) is 0.281. The van der Waals surface area contributed by atoms with Crippen LogP contribution in [-0.2, 0) is 0 Å². The molecule has 2 N–H and O–H groups in total. The van der Waals surface area contributed by atoms with Gasteiger partial charge in [-0.2, -0.15) is 10.2 Å². The van der Waals surface area contributed by atoms with Crippen molar-refractivity contribution in [3.05, 3.63) is 23.7 Å². The molecule has 0 radical (unpaired) electrons. The van der Waals surface area contributed by atoms with Crippen LogP contribution in [0.15, 0.2) is 26.8 Å². The second-order valence-corrected chi connectivity index (χ2v) is 6.37. The average molecular weight is 377 g/mol. The molecule has 1 rings (SSSR count). The number of carbonyl (C=O) groups excluding carboxylic acids is 2. The van der Waals surface area contributed by atoms with Crippen molar-refractivity contribution in [2.45, 2.75) is 78.1 Å². The fourth-order valence-corrected chi connectivity index (χ4v) is 2.35. The van der Waals surface area contributed by atoms with E-state index >= 15 is 0 Å². The van der Waals surface area contributed by atoms with E-state index in [0.717, 1.165) is 38.5 Å². The molecule has 0 aliphatic rings. The van der Waals surface area contributed by atoms with Crippen LogP contribution in [0.3, 0.4) is 0 Å². The van der Waals surface area contributed by atoms with E-state index in [9.17, 15) is 9.59 Å². The van der Waals surface area contributed by atoms with E-state index < -0.39 is 11.8 Å². The Bertz CT molecular complexity index is 558. The van der Waals surface area contributed by atoms with Crippen molar-refractivity contribution < 1.29 is 14.0 Å². The number of rotatable bonds is 14. The lowest BCUT2D eigenvalue weighted by Gasteiger charge is -1.98. The molecule has 7 heteroatoms. The summed E-state index contributed by atoms with van der Waals surface area (Å²) in [7, 11) is 0. The van der Waals surface area contributed by atoms with Gasteiger partial charge in [0.15, 0.2) is 11.5 Å². The largest absolute Gasteiger partial charge is 0.446 e. The van der Waals surface area contributed by atoms with Gasteiger partial charge in [0.2, 0.25) is 0 Å². The molecule has 0 atom stereocenters. The van der Waals surface area contributed by atoms with Crippen molar-refractivity contribution in [3.8, 4) is 0 Å². The summed E-state index contributed by atoms with van der Waals surface area (Å²) >= 11 is 0. The average Bonchev–Trinajstić information content (AvgIpc) is 3.16. The summed E-state index contributed by atoms with van der Waals surface area (Å²) in [4.78, 5) is 23.8. The van der Waals surface area contributed by atoms with Gasteiger partial charge in [0.05, 0.1) is 0 Å². The first-order valence-corrected chi connectivity index (χ1v) is 9.92. The topological polar surface area (TPSA) is 96.1 Å². The van der Waals surface area contributed by atoms with Gasteiger partial charge in [0, 0.05) is 12.4 Å². The fourth-order valence-electron chi connectivity index (χ4n) is 2.35. The summed E-state index contributed by atoms with van der Waals surface area (Å²) in [5.74, 6) is -0.907. The minimum Gasteiger partial charge on any atom is -0.446 e. The normalized spacial score (nSPS) is 11.3. The maximum Gasteiger partial charge on any atom is 0.307 e. The summed E-state index contributed by atoms with van der Waals surface area (Å²) < 4.78 is 5.26. The Kier molecular flexibility index (Phi) is 12.3. The number of hydrazone groups is 2. The summed E-state index contributed by atoms with van der Waals surface area (Å²) in [5.41, 5.74) is 4.79. The number of unbranched alkanes of at least 4 members (excludes halogenated alkanes) is 8. The van der Waals surface area contributed by atoms with Crippen LogP contribution in [0.1, 0.15) is 99.2 Å². The van der Waals surface area contributed by atoms with Crippen LogP contribution in [0.4, 0.5) is 0 Å². The summed E-state index contributed by atoms with van der Waals surface area (Å²) in [6.45, 7) is 4.32. The van der Waals surface area contributed by atoms with Gasteiger partial charge in [-0.15, -0.1) is 0 Å². The molecular formula is C20H32N4O3. The van der Waals surface area contributed by atoms with Gasteiger partial charge >= 0.3 is 11.8 Å². The number of amides is 2. The van der Waals surface area contributed by atoms with Crippen molar-refractivity contribution in [3.63, 3.8) is 0 Å². The van der Waals surface area contributed by atoms with E-state index in [0.29, 0.717) is 0 Å². The molecule has 0 saturated carbocycles. The highest BCUT2D eigenvalue weighted by molar-refractivity contribution is 5.95. The molecule has 150 valence electrons. The lowest BCUT2D eigenvalue weighted by molar-refractivity contribution is 0.0902. The molecule has 0 aromatic carbocycles. The molecule has 0 fully saturated rings. The molecular weight excluding hydrogens is 344 g/mol. The van der Waals surface area contributed by atoms with E-state index in [2.05, 4.69) is 34.9 Å². The Morgan fingerprint density at radius 3 is 1.67 bits per heavy atom. The third kappa shape index (κ3) is 10.3. The predicted octanol–water partition coefficient (Wildman–Crippen LogP) is 4.65. The molecule has 0 aliphatic heterocycles. The number of hydrogen-bond donors (Lipinski definition) is 2. The molecule has 27 heavy (non-hydrogen) atoms. The third-order valence-corrected chi connectivity index (χ3v) is 3.94. The highest BCUT2D eigenvalue weighted by Gasteiger charge is 2.14. The lowest BCUT2D eigenvalue weighted by Crippen LogP contribution is -2.18. The van der Waals surface area contributed by atoms with Gasteiger partial charge in [-0.3, -0.25) is 9.59 Å². The first kappa shape index (κ1) is 22.6. The maximum absolute atomic E-state index is 11.9. The molecule has 0 saturated heterocycles. The SMILES string of the molecule is CCCCCC/C=N/NC(=O)c1ccc(C(=O)N/N=C/CCCCCC)o1. The number of carbonyl (C=O) groups is 2. The monoisotopic (exact) mass is 376 g/mol. The van der Waals surface area contributed by atoms with E-state index in [4.69, 9.17) is 4.42 Å². The highest BCUT2D eigenvalue weighted by Crippen LogP contribution is 2.08. The minimum absolute atomic E-state index is 0.0341. The van der Waals surface area contributed by atoms with Crippen molar-refractivity contribution in [1.29, 1.82) is 0 Å². The lowest BCUT2D eigenvalue weighted by atomic mass is 10.2. The predicted molar refractivity (Wildman–Crippen MR) is 108 cm³/mol. The molecule has 0 bridgehead atoms. The smallest absolute Gasteiger partial charge is 0.307 e. The van der Waals surface area contributed by atoms with Crippen LogP contribution in [-0.4, -0.2) is 24.2 Å². The summed E-state index contributed by atoms with van der Waals surface area (Å²) in [5, 5.41) is 7.76. The van der Waals surface area contributed by atoms with E-state index in [1.807, 2.05) is 0 Å². The third-order valence-electron chi connectivity index (χ3n) is 3.94. The molecule has 0 spiro atoms. The zero-order valence-electron chi connectivity index (χ0n) is 16.5. The number of nitrogens with zero attached hydrogens (tertiary/aromatic N) is 2. The van der Waals surface area contributed by atoms with Crippen molar-refractivity contribution >= 4 is 24.2 Å². The van der Waals surface area contributed by atoms with Gasteiger partial charge in [-0.25, -0.2) is 10.9 Å².